The molecular formula is C9H13N3O2S. The van der Waals surface area contributed by atoms with E-state index in [0.717, 1.165) is 4.88 Å². The number of aromatic nitrogens is 1. The summed E-state index contributed by atoms with van der Waals surface area (Å²) in [4.78, 5) is 28.9. The summed E-state index contributed by atoms with van der Waals surface area (Å²) < 4.78 is 0. The standard InChI is InChI=1S/C9H13N3O2S/c1-6-4-11-9(15-6)8(14)10-5-7(13)12(2)3/h4H,5H2,1-3H3,(H,10,14). The number of likely N-dealkylation sites (N-methyl/N-ethyl adjacent to an activating group) is 1. The second kappa shape index (κ2) is 4.88. The van der Waals surface area contributed by atoms with Crippen LogP contribution in [0.4, 0.5) is 0 Å². The van der Waals surface area contributed by atoms with Gasteiger partial charge in [-0.05, 0) is 6.92 Å². The average Bonchev–Trinajstić information content (AvgIpc) is 2.60. The van der Waals surface area contributed by atoms with E-state index in [4.69, 9.17) is 0 Å². The maximum atomic E-state index is 11.5. The van der Waals surface area contributed by atoms with E-state index in [-0.39, 0.29) is 18.4 Å². The van der Waals surface area contributed by atoms with E-state index in [0.29, 0.717) is 5.01 Å². The van der Waals surface area contributed by atoms with Gasteiger partial charge in [-0.3, -0.25) is 9.59 Å². The van der Waals surface area contributed by atoms with Crippen LogP contribution in [0.3, 0.4) is 0 Å². The van der Waals surface area contributed by atoms with Crippen LogP contribution in [-0.2, 0) is 4.79 Å². The topological polar surface area (TPSA) is 62.3 Å². The lowest BCUT2D eigenvalue weighted by Crippen LogP contribution is -2.36. The van der Waals surface area contributed by atoms with Crippen molar-refractivity contribution in [2.75, 3.05) is 20.6 Å². The van der Waals surface area contributed by atoms with Gasteiger partial charge in [0.15, 0.2) is 5.01 Å². The summed E-state index contributed by atoms with van der Waals surface area (Å²) in [7, 11) is 3.28. The van der Waals surface area contributed by atoms with Gasteiger partial charge in [-0.1, -0.05) is 0 Å². The molecule has 0 atom stereocenters. The summed E-state index contributed by atoms with van der Waals surface area (Å²) >= 11 is 1.31. The third-order valence-electron chi connectivity index (χ3n) is 1.71. The average molecular weight is 227 g/mol. The Labute approximate surface area is 92.1 Å². The molecule has 0 saturated carbocycles. The van der Waals surface area contributed by atoms with Crippen molar-refractivity contribution in [3.8, 4) is 0 Å². The molecule has 1 rings (SSSR count). The summed E-state index contributed by atoms with van der Waals surface area (Å²) in [6.45, 7) is 1.88. The van der Waals surface area contributed by atoms with Crippen LogP contribution in [0.15, 0.2) is 6.20 Å². The molecule has 0 saturated heterocycles. The van der Waals surface area contributed by atoms with E-state index >= 15 is 0 Å². The van der Waals surface area contributed by atoms with Gasteiger partial charge >= 0.3 is 0 Å². The minimum atomic E-state index is -0.302. The summed E-state index contributed by atoms with van der Waals surface area (Å²) in [6.07, 6.45) is 1.63. The van der Waals surface area contributed by atoms with Crippen LogP contribution in [0.5, 0.6) is 0 Å². The molecule has 15 heavy (non-hydrogen) atoms. The highest BCUT2D eigenvalue weighted by atomic mass is 32.1. The molecule has 0 radical (unpaired) electrons. The number of carbonyl (C=O) groups excluding carboxylic acids is 2. The van der Waals surface area contributed by atoms with Crippen molar-refractivity contribution in [2.45, 2.75) is 6.92 Å². The van der Waals surface area contributed by atoms with Crippen LogP contribution in [0.2, 0.25) is 0 Å². The van der Waals surface area contributed by atoms with Crippen LogP contribution < -0.4 is 5.32 Å². The van der Waals surface area contributed by atoms with Gasteiger partial charge in [0.25, 0.3) is 5.91 Å². The van der Waals surface area contributed by atoms with E-state index in [1.54, 1.807) is 20.3 Å². The lowest BCUT2D eigenvalue weighted by atomic mass is 10.5. The first-order valence-corrected chi connectivity index (χ1v) is 5.23. The molecule has 5 nitrogen and oxygen atoms in total. The number of rotatable bonds is 3. The molecule has 1 aromatic rings. The van der Waals surface area contributed by atoms with Gasteiger partial charge in [-0.2, -0.15) is 0 Å². The van der Waals surface area contributed by atoms with Crippen LogP contribution in [0.25, 0.3) is 0 Å². The Bertz CT molecular complexity index is 373. The Morgan fingerprint density at radius 3 is 2.67 bits per heavy atom. The van der Waals surface area contributed by atoms with Crippen molar-refractivity contribution in [3.63, 3.8) is 0 Å². The van der Waals surface area contributed by atoms with E-state index in [2.05, 4.69) is 10.3 Å². The van der Waals surface area contributed by atoms with E-state index < -0.39 is 0 Å². The Morgan fingerprint density at radius 1 is 1.53 bits per heavy atom. The van der Waals surface area contributed by atoms with Gasteiger partial charge in [0, 0.05) is 25.2 Å². The predicted octanol–water partition coefficient (Wildman–Crippen LogP) is 0.270. The Kier molecular flexibility index (Phi) is 3.79. The van der Waals surface area contributed by atoms with E-state index in [9.17, 15) is 9.59 Å². The molecule has 1 N–H and O–H groups in total. The van der Waals surface area contributed by atoms with Gasteiger partial charge in [-0.15, -0.1) is 11.3 Å². The van der Waals surface area contributed by atoms with Gasteiger partial charge in [0.1, 0.15) is 0 Å². The molecule has 0 unspecified atom stereocenters. The zero-order valence-corrected chi connectivity index (χ0v) is 9.72. The highest BCUT2D eigenvalue weighted by Gasteiger charge is 2.11. The summed E-state index contributed by atoms with van der Waals surface area (Å²) in [6, 6.07) is 0. The zero-order chi connectivity index (χ0) is 11.4. The molecule has 0 aliphatic heterocycles. The quantitative estimate of drug-likeness (QED) is 0.806. The lowest BCUT2D eigenvalue weighted by Gasteiger charge is -2.09. The normalized spacial score (nSPS) is 9.80. The summed E-state index contributed by atoms with van der Waals surface area (Å²) in [5.74, 6) is -0.445. The third kappa shape index (κ3) is 3.32. The van der Waals surface area contributed by atoms with Crippen molar-refractivity contribution in [2.24, 2.45) is 0 Å². The Hall–Kier alpha value is -1.43. The van der Waals surface area contributed by atoms with Crippen LogP contribution in [0.1, 0.15) is 14.7 Å². The molecule has 0 aliphatic carbocycles. The number of carbonyl (C=O) groups is 2. The van der Waals surface area contributed by atoms with Crippen molar-refractivity contribution in [1.29, 1.82) is 0 Å². The highest BCUT2D eigenvalue weighted by Crippen LogP contribution is 2.10. The summed E-state index contributed by atoms with van der Waals surface area (Å²) in [5, 5.41) is 2.90. The predicted molar refractivity (Wildman–Crippen MR) is 57.9 cm³/mol. The van der Waals surface area contributed by atoms with Gasteiger partial charge in [0.05, 0.1) is 6.54 Å². The van der Waals surface area contributed by atoms with Crippen LogP contribution in [-0.4, -0.2) is 42.3 Å². The number of hydrogen-bond donors (Lipinski definition) is 1. The SMILES string of the molecule is Cc1cnc(C(=O)NCC(=O)N(C)C)s1. The first kappa shape index (κ1) is 11.6. The van der Waals surface area contributed by atoms with E-state index in [1.807, 2.05) is 6.92 Å². The number of nitrogens with zero attached hydrogens (tertiary/aromatic N) is 2. The fourth-order valence-electron chi connectivity index (χ4n) is 0.849. The molecule has 0 aliphatic rings. The lowest BCUT2D eigenvalue weighted by molar-refractivity contribution is -0.127. The molecule has 0 fully saturated rings. The maximum absolute atomic E-state index is 11.5. The molecule has 82 valence electrons. The fraction of sp³-hybridized carbons (Fsp3) is 0.444. The molecule has 0 aromatic carbocycles. The first-order chi connectivity index (χ1) is 7.00. The highest BCUT2D eigenvalue weighted by molar-refractivity contribution is 7.13. The van der Waals surface area contributed by atoms with E-state index in [1.165, 1.54) is 16.2 Å². The molecule has 6 heteroatoms. The second-order valence-electron chi connectivity index (χ2n) is 3.25. The number of thiazole rings is 1. The monoisotopic (exact) mass is 227 g/mol. The molecular weight excluding hydrogens is 214 g/mol. The minimum Gasteiger partial charge on any atom is -0.347 e. The van der Waals surface area contributed by atoms with Crippen molar-refractivity contribution >= 4 is 23.2 Å². The van der Waals surface area contributed by atoms with Crippen LogP contribution in [0, 0.1) is 6.92 Å². The smallest absolute Gasteiger partial charge is 0.280 e. The van der Waals surface area contributed by atoms with Crippen molar-refractivity contribution < 1.29 is 9.59 Å². The largest absolute Gasteiger partial charge is 0.347 e. The number of hydrogen-bond acceptors (Lipinski definition) is 4. The van der Waals surface area contributed by atoms with Crippen molar-refractivity contribution in [3.05, 3.63) is 16.1 Å². The zero-order valence-electron chi connectivity index (χ0n) is 8.90. The van der Waals surface area contributed by atoms with Gasteiger partial charge < -0.3 is 10.2 Å². The molecule has 1 aromatic heterocycles. The Morgan fingerprint density at radius 2 is 2.20 bits per heavy atom. The van der Waals surface area contributed by atoms with Crippen LogP contribution >= 0.6 is 11.3 Å². The third-order valence-corrected chi connectivity index (χ3v) is 2.63. The summed E-state index contributed by atoms with van der Waals surface area (Å²) in [5.41, 5.74) is 0. The van der Waals surface area contributed by atoms with Gasteiger partial charge in [0.2, 0.25) is 5.91 Å². The van der Waals surface area contributed by atoms with Gasteiger partial charge in [-0.25, -0.2) is 4.98 Å². The first-order valence-electron chi connectivity index (χ1n) is 4.41. The fourth-order valence-corrected chi connectivity index (χ4v) is 1.53. The molecule has 1 heterocycles. The second-order valence-corrected chi connectivity index (χ2v) is 4.48. The number of nitrogens with one attached hydrogen (secondary N) is 1. The Balaban J connectivity index is 2.47. The maximum Gasteiger partial charge on any atom is 0.280 e. The number of amides is 2. The molecule has 2 amide bonds. The minimum absolute atomic E-state index is 0.00443. The molecule has 0 bridgehead atoms. The number of aryl methyl sites for hydroxylation is 1. The molecule has 0 spiro atoms. The van der Waals surface area contributed by atoms with Crippen molar-refractivity contribution in [1.82, 2.24) is 15.2 Å².